The quantitative estimate of drug-likeness (QED) is 0.855. The Morgan fingerprint density at radius 1 is 1.24 bits per heavy atom. The van der Waals surface area contributed by atoms with Crippen LogP contribution >= 0.6 is 0 Å². The summed E-state index contributed by atoms with van der Waals surface area (Å²) in [7, 11) is 1.57. The van der Waals surface area contributed by atoms with E-state index in [1.807, 2.05) is 18.2 Å². The van der Waals surface area contributed by atoms with Crippen molar-refractivity contribution < 1.29 is 9.53 Å². The van der Waals surface area contributed by atoms with Gasteiger partial charge in [-0.2, -0.15) is 0 Å². The largest absolute Gasteiger partial charge is 0.495 e. The van der Waals surface area contributed by atoms with Crippen molar-refractivity contribution in [3.05, 3.63) is 48.3 Å². The van der Waals surface area contributed by atoms with E-state index < -0.39 is 0 Å². The number of carbonyl (C=O) groups excluding carboxylic acids is 1. The second-order valence-electron chi connectivity index (χ2n) is 4.51. The van der Waals surface area contributed by atoms with E-state index in [1.165, 1.54) is 0 Å². The summed E-state index contributed by atoms with van der Waals surface area (Å²) in [5, 5.41) is 6.01. The highest BCUT2D eigenvalue weighted by Crippen LogP contribution is 2.23. The molecule has 2 rings (SSSR count). The molecule has 0 spiro atoms. The summed E-state index contributed by atoms with van der Waals surface area (Å²) in [5.74, 6) is 0.355. The first-order chi connectivity index (χ1) is 10.2. The molecule has 0 bridgehead atoms. The van der Waals surface area contributed by atoms with Crippen molar-refractivity contribution in [1.29, 1.82) is 0 Å². The number of pyridine rings is 1. The van der Waals surface area contributed by atoms with Gasteiger partial charge >= 0.3 is 0 Å². The monoisotopic (exact) mass is 285 g/mol. The number of hydrogen-bond donors (Lipinski definition) is 2. The Bertz CT molecular complexity index is 597. The molecule has 0 aliphatic heterocycles. The molecule has 5 nitrogen and oxygen atoms in total. The first kappa shape index (κ1) is 14.8. The van der Waals surface area contributed by atoms with Crippen LogP contribution in [0.5, 0.6) is 5.75 Å². The van der Waals surface area contributed by atoms with Gasteiger partial charge in [-0.05, 0) is 30.7 Å². The average Bonchev–Trinajstić information content (AvgIpc) is 2.54. The summed E-state index contributed by atoms with van der Waals surface area (Å²) in [6.45, 7) is 2.98. The second-order valence-corrected chi connectivity index (χ2v) is 4.51. The zero-order chi connectivity index (χ0) is 15.1. The first-order valence-electron chi connectivity index (χ1n) is 6.89. The molecule has 0 unspecified atom stereocenters. The van der Waals surface area contributed by atoms with Gasteiger partial charge in [-0.25, -0.2) is 4.98 Å². The lowest BCUT2D eigenvalue weighted by Gasteiger charge is -2.10. The van der Waals surface area contributed by atoms with Crippen molar-refractivity contribution in [2.75, 3.05) is 24.3 Å². The summed E-state index contributed by atoms with van der Waals surface area (Å²) >= 11 is 0. The van der Waals surface area contributed by atoms with Gasteiger partial charge in [0.1, 0.15) is 11.4 Å². The molecular formula is C16H19N3O2. The van der Waals surface area contributed by atoms with E-state index in [0.29, 0.717) is 17.1 Å². The van der Waals surface area contributed by atoms with Crippen molar-refractivity contribution in [2.24, 2.45) is 0 Å². The lowest BCUT2D eigenvalue weighted by atomic mass is 10.2. The number of para-hydroxylation sites is 2. The van der Waals surface area contributed by atoms with E-state index in [9.17, 15) is 4.79 Å². The molecule has 1 amide bonds. The summed E-state index contributed by atoms with van der Waals surface area (Å²) in [6, 6.07) is 10.8. The van der Waals surface area contributed by atoms with Crippen LogP contribution in [0.3, 0.4) is 0 Å². The Morgan fingerprint density at radius 2 is 2.05 bits per heavy atom. The minimum Gasteiger partial charge on any atom is -0.495 e. The molecule has 2 N–H and O–H groups in total. The molecule has 0 fully saturated rings. The minimum absolute atomic E-state index is 0.262. The van der Waals surface area contributed by atoms with Crippen LogP contribution in [0.15, 0.2) is 42.6 Å². The van der Waals surface area contributed by atoms with Crippen LogP contribution < -0.4 is 15.4 Å². The number of hydrogen-bond acceptors (Lipinski definition) is 4. The molecule has 1 aromatic heterocycles. The molecule has 0 aliphatic carbocycles. The van der Waals surface area contributed by atoms with Crippen molar-refractivity contribution in [2.45, 2.75) is 13.3 Å². The number of aromatic nitrogens is 1. The Morgan fingerprint density at radius 3 is 2.71 bits per heavy atom. The summed E-state index contributed by atoms with van der Waals surface area (Å²) < 4.78 is 5.20. The predicted molar refractivity (Wildman–Crippen MR) is 84.0 cm³/mol. The van der Waals surface area contributed by atoms with Gasteiger partial charge in [0.15, 0.2) is 0 Å². The van der Waals surface area contributed by atoms with Crippen molar-refractivity contribution in [3.8, 4) is 5.75 Å². The van der Waals surface area contributed by atoms with Crippen molar-refractivity contribution in [1.82, 2.24) is 4.98 Å². The maximum atomic E-state index is 12.2. The van der Waals surface area contributed by atoms with E-state index in [-0.39, 0.29) is 5.91 Å². The highest BCUT2D eigenvalue weighted by molar-refractivity contribution is 6.03. The number of nitrogens with one attached hydrogen (secondary N) is 2. The standard InChI is InChI=1S/C16H19N3O2/c1-3-10-17-12-8-9-14(18-11-12)16(20)19-13-6-4-5-7-15(13)21-2/h4-9,11,17H,3,10H2,1-2H3,(H,19,20). The van der Waals surface area contributed by atoms with E-state index >= 15 is 0 Å². The van der Waals surface area contributed by atoms with Gasteiger partial charge in [0.25, 0.3) is 5.91 Å². The number of methoxy groups -OCH3 is 1. The normalized spacial score (nSPS) is 10.0. The van der Waals surface area contributed by atoms with Crippen LogP contribution in [0.4, 0.5) is 11.4 Å². The number of nitrogens with zero attached hydrogens (tertiary/aromatic N) is 1. The van der Waals surface area contributed by atoms with E-state index in [1.54, 1.807) is 31.5 Å². The van der Waals surface area contributed by atoms with Gasteiger partial charge in [-0.1, -0.05) is 19.1 Å². The molecule has 0 radical (unpaired) electrons. The fraction of sp³-hybridized carbons (Fsp3) is 0.250. The number of rotatable bonds is 6. The third-order valence-corrected chi connectivity index (χ3v) is 2.93. The maximum absolute atomic E-state index is 12.2. The zero-order valence-corrected chi connectivity index (χ0v) is 12.2. The predicted octanol–water partition coefficient (Wildman–Crippen LogP) is 3.16. The molecule has 2 aromatic rings. The average molecular weight is 285 g/mol. The molecule has 1 heterocycles. The first-order valence-corrected chi connectivity index (χ1v) is 6.89. The van der Waals surface area contributed by atoms with Gasteiger partial charge in [0.05, 0.1) is 24.7 Å². The highest BCUT2D eigenvalue weighted by atomic mass is 16.5. The SMILES string of the molecule is CCCNc1ccc(C(=O)Nc2ccccc2OC)nc1. The number of amides is 1. The minimum atomic E-state index is -0.262. The fourth-order valence-electron chi connectivity index (χ4n) is 1.84. The van der Waals surface area contributed by atoms with Gasteiger partial charge < -0.3 is 15.4 Å². The van der Waals surface area contributed by atoms with Crippen molar-refractivity contribution in [3.63, 3.8) is 0 Å². The highest BCUT2D eigenvalue weighted by Gasteiger charge is 2.10. The molecule has 5 heteroatoms. The number of ether oxygens (including phenoxy) is 1. The third-order valence-electron chi connectivity index (χ3n) is 2.93. The maximum Gasteiger partial charge on any atom is 0.274 e. The Hall–Kier alpha value is -2.56. The van der Waals surface area contributed by atoms with Gasteiger partial charge in [-0.15, -0.1) is 0 Å². The number of anilines is 2. The fourth-order valence-corrected chi connectivity index (χ4v) is 1.84. The van der Waals surface area contributed by atoms with Crippen LogP contribution in [0, 0.1) is 0 Å². The lowest BCUT2D eigenvalue weighted by molar-refractivity contribution is 0.102. The van der Waals surface area contributed by atoms with Crippen LogP contribution in [0.2, 0.25) is 0 Å². The van der Waals surface area contributed by atoms with Gasteiger partial charge in [0, 0.05) is 6.54 Å². The Balaban J connectivity index is 2.06. The molecule has 0 saturated heterocycles. The lowest BCUT2D eigenvalue weighted by Crippen LogP contribution is -2.14. The topological polar surface area (TPSA) is 63.2 Å². The van der Waals surface area contributed by atoms with Crippen molar-refractivity contribution >= 4 is 17.3 Å². The Kier molecular flexibility index (Phi) is 5.15. The van der Waals surface area contributed by atoms with Crippen LogP contribution in [0.25, 0.3) is 0 Å². The zero-order valence-electron chi connectivity index (χ0n) is 12.2. The van der Waals surface area contributed by atoms with E-state index in [0.717, 1.165) is 18.7 Å². The van der Waals surface area contributed by atoms with Crippen LogP contribution in [-0.2, 0) is 0 Å². The van der Waals surface area contributed by atoms with Gasteiger partial charge in [-0.3, -0.25) is 4.79 Å². The molecule has 0 saturated carbocycles. The van der Waals surface area contributed by atoms with Crippen LogP contribution in [-0.4, -0.2) is 24.5 Å². The third kappa shape index (κ3) is 3.95. The van der Waals surface area contributed by atoms with E-state index in [2.05, 4.69) is 22.5 Å². The molecule has 21 heavy (non-hydrogen) atoms. The molecular weight excluding hydrogens is 266 g/mol. The van der Waals surface area contributed by atoms with E-state index in [4.69, 9.17) is 4.74 Å². The Labute approximate surface area is 124 Å². The second kappa shape index (κ2) is 7.28. The molecule has 0 aliphatic rings. The smallest absolute Gasteiger partial charge is 0.274 e. The van der Waals surface area contributed by atoms with Crippen LogP contribution in [0.1, 0.15) is 23.8 Å². The molecule has 1 aromatic carbocycles. The summed E-state index contributed by atoms with van der Waals surface area (Å²) in [5.41, 5.74) is 1.90. The summed E-state index contributed by atoms with van der Waals surface area (Å²) in [4.78, 5) is 16.3. The number of carbonyl (C=O) groups is 1. The van der Waals surface area contributed by atoms with Gasteiger partial charge in [0.2, 0.25) is 0 Å². The number of benzene rings is 1. The molecule has 110 valence electrons. The molecule has 0 atom stereocenters. The summed E-state index contributed by atoms with van der Waals surface area (Å²) in [6.07, 6.45) is 2.70.